The van der Waals surface area contributed by atoms with E-state index in [0.29, 0.717) is 16.3 Å². The second-order valence-corrected chi connectivity index (χ2v) is 4.60. The molecule has 0 aliphatic carbocycles. The molecule has 0 heterocycles. The standard InChI is InChI=1S/C14H8Cl2FNO/c15-12-5-9(7-18)1-2-10(12)8-19-14-4-3-11(17)6-13(14)16/h1-6H,8H2. The zero-order valence-corrected chi connectivity index (χ0v) is 11.2. The largest absolute Gasteiger partial charge is 0.487 e. The van der Waals surface area contributed by atoms with Crippen molar-refractivity contribution < 1.29 is 9.13 Å². The van der Waals surface area contributed by atoms with Gasteiger partial charge in [-0.3, -0.25) is 0 Å². The molecular weight excluding hydrogens is 288 g/mol. The molecule has 19 heavy (non-hydrogen) atoms. The van der Waals surface area contributed by atoms with E-state index >= 15 is 0 Å². The summed E-state index contributed by atoms with van der Waals surface area (Å²) in [5, 5.41) is 9.37. The molecule has 0 amide bonds. The second kappa shape index (κ2) is 5.92. The lowest BCUT2D eigenvalue weighted by Gasteiger charge is -2.09. The minimum Gasteiger partial charge on any atom is -0.487 e. The molecule has 0 atom stereocenters. The molecule has 96 valence electrons. The van der Waals surface area contributed by atoms with E-state index in [1.54, 1.807) is 18.2 Å². The van der Waals surface area contributed by atoms with Gasteiger partial charge in [0.25, 0.3) is 0 Å². The van der Waals surface area contributed by atoms with E-state index in [1.165, 1.54) is 18.2 Å². The molecule has 0 saturated carbocycles. The first-order valence-corrected chi connectivity index (χ1v) is 6.12. The van der Waals surface area contributed by atoms with Crippen LogP contribution in [-0.2, 0) is 6.61 Å². The van der Waals surface area contributed by atoms with Crippen molar-refractivity contribution in [3.8, 4) is 11.8 Å². The molecule has 0 aliphatic rings. The first kappa shape index (κ1) is 13.7. The molecule has 0 spiro atoms. The first-order valence-electron chi connectivity index (χ1n) is 5.36. The molecular formula is C14H8Cl2FNO. The van der Waals surface area contributed by atoms with Gasteiger partial charge in [-0.05, 0) is 30.3 Å². The highest BCUT2D eigenvalue weighted by molar-refractivity contribution is 6.32. The lowest BCUT2D eigenvalue weighted by Crippen LogP contribution is -1.97. The molecule has 2 nitrogen and oxygen atoms in total. The predicted octanol–water partition coefficient (Wildman–Crippen LogP) is 4.58. The van der Waals surface area contributed by atoms with E-state index in [-0.39, 0.29) is 11.6 Å². The van der Waals surface area contributed by atoms with Crippen LogP contribution in [0.1, 0.15) is 11.1 Å². The van der Waals surface area contributed by atoms with E-state index in [0.717, 1.165) is 5.56 Å². The summed E-state index contributed by atoms with van der Waals surface area (Å²) >= 11 is 11.9. The van der Waals surface area contributed by atoms with E-state index in [1.807, 2.05) is 6.07 Å². The topological polar surface area (TPSA) is 33.0 Å². The van der Waals surface area contributed by atoms with Crippen LogP contribution >= 0.6 is 23.2 Å². The summed E-state index contributed by atoms with van der Waals surface area (Å²) in [7, 11) is 0. The minimum absolute atomic E-state index is 0.190. The molecule has 0 unspecified atom stereocenters. The van der Waals surface area contributed by atoms with Gasteiger partial charge in [-0.15, -0.1) is 0 Å². The highest BCUT2D eigenvalue weighted by Gasteiger charge is 2.06. The smallest absolute Gasteiger partial charge is 0.138 e. The highest BCUT2D eigenvalue weighted by Crippen LogP contribution is 2.27. The van der Waals surface area contributed by atoms with Gasteiger partial charge in [-0.2, -0.15) is 5.26 Å². The molecule has 0 bridgehead atoms. The average Bonchev–Trinajstić information content (AvgIpc) is 2.39. The zero-order valence-electron chi connectivity index (χ0n) is 9.66. The van der Waals surface area contributed by atoms with Crippen LogP contribution in [0.15, 0.2) is 36.4 Å². The van der Waals surface area contributed by atoms with Crippen molar-refractivity contribution in [2.75, 3.05) is 0 Å². The quantitative estimate of drug-likeness (QED) is 0.830. The molecule has 2 rings (SSSR count). The number of hydrogen-bond acceptors (Lipinski definition) is 2. The number of benzene rings is 2. The van der Waals surface area contributed by atoms with E-state index < -0.39 is 5.82 Å². The third-order valence-electron chi connectivity index (χ3n) is 2.46. The molecule has 0 N–H and O–H groups in total. The molecule has 0 aliphatic heterocycles. The summed E-state index contributed by atoms with van der Waals surface area (Å²) in [6.07, 6.45) is 0. The van der Waals surface area contributed by atoms with Crippen LogP contribution in [0.4, 0.5) is 4.39 Å². The summed E-state index contributed by atoms with van der Waals surface area (Å²) in [6.45, 7) is 0.190. The summed E-state index contributed by atoms with van der Waals surface area (Å²) in [5.41, 5.74) is 1.20. The van der Waals surface area contributed by atoms with Crippen molar-refractivity contribution >= 4 is 23.2 Å². The number of ether oxygens (including phenoxy) is 1. The predicted molar refractivity (Wildman–Crippen MR) is 71.9 cm³/mol. The number of halogens is 3. The van der Waals surface area contributed by atoms with Gasteiger partial charge in [-0.1, -0.05) is 29.3 Å². The van der Waals surface area contributed by atoms with Crippen molar-refractivity contribution in [2.45, 2.75) is 6.61 Å². The Morgan fingerprint density at radius 1 is 1.11 bits per heavy atom. The zero-order chi connectivity index (χ0) is 13.8. The Kier molecular flexibility index (Phi) is 4.26. The fourth-order valence-electron chi connectivity index (χ4n) is 1.48. The molecule has 0 aromatic heterocycles. The maximum Gasteiger partial charge on any atom is 0.138 e. The third kappa shape index (κ3) is 3.37. The number of nitriles is 1. The lowest BCUT2D eigenvalue weighted by atomic mass is 10.1. The fourth-order valence-corrected chi connectivity index (χ4v) is 1.94. The third-order valence-corrected chi connectivity index (χ3v) is 3.11. The Balaban J connectivity index is 2.13. The van der Waals surface area contributed by atoms with Crippen molar-refractivity contribution in [3.63, 3.8) is 0 Å². The molecule has 0 fully saturated rings. The number of hydrogen-bond donors (Lipinski definition) is 0. The normalized spacial score (nSPS) is 10.0. The highest BCUT2D eigenvalue weighted by atomic mass is 35.5. The van der Waals surface area contributed by atoms with E-state index in [9.17, 15) is 4.39 Å². The summed E-state index contributed by atoms with van der Waals surface area (Å²) in [5.74, 6) is -0.0442. The number of rotatable bonds is 3. The Labute approximate surface area is 119 Å². The van der Waals surface area contributed by atoms with Crippen LogP contribution in [0, 0.1) is 17.1 Å². The Bertz CT molecular complexity index is 652. The minimum atomic E-state index is -0.422. The molecule has 5 heteroatoms. The monoisotopic (exact) mass is 295 g/mol. The summed E-state index contributed by atoms with van der Waals surface area (Å²) in [4.78, 5) is 0. The lowest BCUT2D eigenvalue weighted by molar-refractivity contribution is 0.306. The fraction of sp³-hybridized carbons (Fsp3) is 0.0714. The van der Waals surface area contributed by atoms with Crippen molar-refractivity contribution in [1.82, 2.24) is 0 Å². The van der Waals surface area contributed by atoms with Gasteiger partial charge in [0.05, 0.1) is 16.7 Å². The van der Waals surface area contributed by atoms with Gasteiger partial charge >= 0.3 is 0 Å². The molecule has 2 aromatic rings. The molecule has 2 aromatic carbocycles. The van der Waals surface area contributed by atoms with Crippen LogP contribution in [0.25, 0.3) is 0 Å². The van der Waals surface area contributed by atoms with Crippen molar-refractivity contribution in [2.24, 2.45) is 0 Å². The van der Waals surface area contributed by atoms with Crippen LogP contribution in [0.3, 0.4) is 0 Å². The first-order chi connectivity index (χ1) is 9.10. The Morgan fingerprint density at radius 2 is 1.89 bits per heavy atom. The van der Waals surface area contributed by atoms with Crippen molar-refractivity contribution in [3.05, 3.63) is 63.4 Å². The van der Waals surface area contributed by atoms with Gasteiger partial charge in [0.2, 0.25) is 0 Å². The van der Waals surface area contributed by atoms with E-state index in [4.69, 9.17) is 33.2 Å². The van der Waals surface area contributed by atoms with Gasteiger partial charge in [0.15, 0.2) is 0 Å². The van der Waals surface area contributed by atoms with Crippen LogP contribution in [-0.4, -0.2) is 0 Å². The van der Waals surface area contributed by atoms with Gasteiger partial charge in [0.1, 0.15) is 18.2 Å². The molecule has 0 saturated heterocycles. The van der Waals surface area contributed by atoms with Gasteiger partial charge in [0, 0.05) is 10.6 Å². The summed E-state index contributed by atoms with van der Waals surface area (Å²) < 4.78 is 18.3. The maximum absolute atomic E-state index is 12.9. The Hall–Kier alpha value is -1.76. The van der Waals surface area contributed by atoms with Gasteiger partial charge in [-0.25, -0.2) is 4.39 Å². The molecule has 0 radical (unpaired) electrons. The van der Waals surface area contributed by atoms with Crippen LogP contribution in [0.5, 0.6) is 5.75 Å². The summed E-state index contributed by atoms with van der Waals surface area (Å²) in [6, 6.07) is 10.8. The SMILES string of the molecule is N#Cc1ccc(COc2ccc(F)cc2Cl)c(Cl)c1. The second-order valence-electron chi connectivity index (χ2n) is 3.78. The number of nitrogens with zero attached hydrogens (tertiary/aromatic N) is 1. The Morgan fingerprint density at radius 3 is 2.53 bits per heavy atom. The maximum atomic E-state index is 12.9. The van der Waals surface area contributed by atoms with Gasteiger partial charge < -0.3 is 4.74 Å². The van der Waals surface area contributed by atoms with Crippen LogP contribution < -0.4 is 4.74 Å². The van der Waals surface area contributed by atoms with Crippen LogP contribution in [0.2, 0.25) is 10.0 Å². The van der Waals surface area contributed by atoms with Crippen molar-refractivity contribution in [1.29, 1.82) is 5.26 Å². The van der Waals surface area contributed by atoms with E-state index in [2.05, 4.69) is 0 Å². The average molecular weight is 296 g/mol.